The summed E-state index contributed by atoms with van der Waals surface area (Å²) in [5, 5.41) is 0. The van der Waals surface area contributed by atoms with Gasteiger partial charge >= 0.3 is 51.2 Å². The molecule has 0 saturated heterocycles. The zero-order valence-electron chi connectivity index (χ0n) is 4.34. The van der Waals surface area contributed by atoms with Crippen LogP contribution in [-0.4, -0.2) is 25.4 Å². The van der Waals surface area contributed by atoms with Gasteiger partial charge in [-0.25, -0.2) is 0 Å². The van der Waals surface area contributed by atoms with Crippen LogP contribution in [0.2, 0.25) is 0 Å². The average molecular weight is 264 g/mol. The van der Waals surface area contributed by atoms with Crippen LogP contribution in [-0.2, 0) is 56.0 Å². The largest absolute Gasteiger partial charge is 2.00 e. The molecule has 8 heavy (non-hydrogen) atoms. The third-order valence-electron chi connectivity index (χ3n) is 0.211. The van der Waals surface area contributed by atoms with Gasteiger partial charge in [0.15, 0.2) is 0 Å². The molecule has 2 nitrogen and oxygen atoms in total. The molecule has 0 rings (SSSR count). The summed E-state index contributed by atoms with van der Waals surface area (Å²) in [5.74, 6) is 0. The maximum Gasteiger partial charge on any atom is 2.00 e. The van der Waals surface area contributed by atoms with Gasteiger partial charge in [0.25, 0.3) is 0 Å². The van der Waals surface area contributed by atoms with Crippen molar-refractivity contribution in [3.05, 3.63) is 0 Å². The molecule has 0 aliphatic rings. The summed E-state index contributed by atoms with van der Waals surface area (Å²) in [6.07, 6.45) is 0.750. The Morgan fingerprint density at radius 1 is 1.12 bits per heavy atom. The molecule has 0 aromatic heterocycles. The van der Waals surface area contributed by atoms with E-state index in [1.165, 1.54) is 4.90 Å². The van der Waals surface area contributed by atoms with E-state index < -0.39 is 0 Å². The molecule has 0 spiro atoms. The van der Waals surface area contributed by atoms with Crippen molar-refractivity contribution in [3.63, 3.8) is 0 Å². The van der Waals surface area contributed by atoms with E-state index in [1.54, 1.807) is 14.1 Å². The first-order valence-corrected chi connectivity index (χ1v) is 1.39. The first kappa shape index (κ1) is 23.0. The van der Waals surface area contributed by atoms with E-state index in [1.807, 2.05) is 0 Å². The number of amides is 1. The number of hydrogen-bond donors (Lipinski definition) is 0. The summed E-state index contributed by atoms with van der Waals surface area (Å²) in [6, 6.07) is 0. The third-order valence-corrected chi connectivity index (χ3v) is 0.211. The zero-order valence-corrected chi connectivity index (χ0v) is 7.16. The minimum absolute atomic E-state index is 0. The van der Waals surface area contributed by atoms with Crippen molar-refractivity contribution in [2.45, 2.75) is 0 Å². The van der Waals surface area contributed by atoms with Crippen molar-refractivity contribution in [1.82, 2.24) is 4.90 Å². The van der Waals surface area contributed by atoms with Gasteiger partial charge in [-0.15, -0.1) is 0 Å². The smallest absolute Gasteiger partial charge is 0.351 e. The predicted molar refractivity (Wildman–Crippen MR) is 19.8 cm³/mol. The fraction of sp³-hybridized carbons (Fsp3) is 0.667. The first-order chi connectivity index (χ1) is 2.27. The minimum atomic E-state index is 0. The molecule has 0 aromatic carbocycles. The molecule has 0 N–H and O–H groups in total. The molecular formula is C3H7Cu3NO+6. The maximum atomic E-state index is 9.43. The molecule has 0 saturated carbocycles. The van der Waals surface area contributed by atoms with Gasteiger partial charge in [0.05, 0.1) is 0 Å². The molecular weight excluding hydrogens is 257 g/mol. The van der Waals surface area contributed by atoms with E-state index in [4.69, 9.17) is 0 Å². The van der Waals surface area contributed by atoms with Crippen LogP contribution in [0.3, 0.4) is 0 Å². The van der Waals surface area contributed by atoms with Gasteiger partial charge in [-0.05, 0) is 0 Å². The van der Waals surface area contributed by atoms with Gasteiger partial charge in [-0.2, -0.15) is 0 Å². The van der Waals surface area contributed by atoms with Crippen LogP contribution < -0.4 is 0 Å². The van der Waals surface area contributed by atoms with Crippen molar-refractivity contribution in [2.24, 2.45) is 0 Å². The van der Waals surface area contributed by atoms with E-state index in [-0.39, 0.29) is 51.2 Å². The predicted octanol–water partition coefficient (Wildman–Crippen LogP) is -0.303. The molecule has 0 atom stereocenters. The van der Waals surface area contributed by atoms with Crippen molar-refractivity contribution < 1.29 is 56.0 Å². The Morgan fingerprint density at radius 2 is 1.25 bits per heavy atom. The van der Waals surface area contributed by atoms with Gasteiger partial charge in [0.1, 0.15) is 0 Å². The second-order valence-corrected chi connectivity index (χ2v) is 1.07. The molecule has 0 fully saturated rings. The van der Waals surface area contributed by atoms with E-state index in [0.29, 0.717) is 0 Å². The first-order valence-electron chi connectivity index (χ1n) is 1.39. The SMILES string of the molecule is CN(C)C=O.[Cu+2].[Cu+2].[Cu+2]. The van der Waals surface area contributed by atoms with Crippen molar-refractivity contribution in [2.75, 3.05) is 14.1 Å². The Hall–Kier alpha value is 1.03. The quantitative estimate of drug-likeness (QED) is 0.470. The molecule has 5 heteroatoms. The molecule has 0 bridgehead atoms. The Balaban J connectivity index is -0.0000000267. The Bertz CT molecular complexity index is 41.5. The molecule has 0 heterocycles. The summed E-state index contributed by atoms with van der Waals surface area (Å²) < 4.78 is 0. The topological polar surface area (TPSA) is 20.3 Å². The van der Waals surface area contributed by atoms with Gasteiger partial charge in [0.2, 0.25) is 6.41 Å². The van der Waals surface area contributed by atoms with Gasteiger partial charge in [0, 0.05) is 14.1 Å². The zero-order chi connectivity index (χ0) is 4.28. The van der Waals surface area contributed by atoms with Gasteiger partial charge in [-0.3, -0.25) is 4.79 Å². The number of carbonyl (C=O) groups is 1. The molecule has 0 unspecified atom stereocenters. The fourth-order valence-electron chi connectivity index (χ4n) is 0. The molecule has 0 aliphatic carbocycles. The van der Waals surface area contributed by atoms with Crippen LogP contribution in [0, 0.1) is 0 Å². The number of carbonyl (C=O) groups excluding carboxylic acids is 1. The van der Waals surface area contributed by atoms with Crippen LogP contribution in [0.4, 0.5) is 0 Å². The van der Waals surface area contributed by atoms with Crippen LogP contribution in [0.15, 0.2) is 0 Å². The summed E-state index contributed by atoms with van der Waals surface area (Å²) in [7, 11) is 3.38. The van der Waals surface area contributed by atoms with Gasteiger partial charge < -0.3 is 4.90 Å². The van der Waals surface area contributed by atoms with Crippen LogP contribution in [0.1, 0.15) is 0 Å². The molecule has 0 aromatic rings. The minimum Gasteiger partial charge on any atom is -0.351 e. The Labute approximate surface area is 81.2 Å². The normalized spacial score (nSPS) is 4.25. The average Bonchev–Trinajstić information content (AvgIpc) is 1.38. The third kappa shape index (κ3) is 27.9. The number of rotatable bonds is 1. The maximum absolute atomic E-state index is 9.43. The van der Waals surface area contributed by atoms with Crippen LogP contribution in [0.5, 0.6) is 0 Å². The van der Waals surface area contributed by atoms with Crippen molar-refractivity contribution in [1.29, 1.82) is 0 Å². The van der Waals surface area contributed by atoms with E-state index in [9.17, 15) is 4.79 Å². The van der Waals surface area contributed by atoms with E-state index in [0.717, 1.165) is 6.41 Å². The Morgan fingerprint density at radius 3 is 1.25 bits per heavy atom. The van der Waals surface area contributed by atoms with Crippen LogP contribution >= 0.6 is 0 Å². The van der Waals surface area contributed by atoms with Crippen molar-refractivity contribution in [3.8, 4) is 0 Å². The summed E-state index contributed by atoms with van der Waals surface area (Å²) in [5.41, 5.74) is 0. The number of hydrogen-bond acceptors (Lipinski definition) is 1. The summed E-state index contributed by atoms with van der Waals surface area (Å²) in [6.45, 7) is 0. The van der Waals surface area contributed by atoms with Gasteiger partial charge in [-0.1, -0.05) is 0 Å². The fourth-order valence-corrected chi connectivity index (χ4v) is 0. The van der Waals surface area contributed by atoms with Crippen LogP contribution in [0.25, 0.3) is 0 Å². The number of nitrogens with zero attached hydrogens (tertiary/aromatic N) is 1. The van der Waals surface area contributed by atoms with E-state index >= 15 is 0 Å². The molecule has 0 aliphatic heterocycles. The van der Waals surface area contributed by atoms with Crippen molar-refractivity contribution >= 4 is 6.41 Å². The molecule has 3 radical (unpaired) electrons. The summed E-state index contributed by atoms with van der Waals surface area (Å²) in [4.78, 5) is 10.9. The second kappa shape index (κ2) is 15.7. The summed E-state index contributed by atoms with van der Waals surface area (Å²) >= 11 is 0. The standard InChI is InChI=1S/C3H7NO.3Cu/c1-4(2)3-5;;;/h3H,1-2H3;;;/q;3*+2. The monoisotopic (exact) mass is 262 g/mol. The second-order valence-electron chi connectivity index (χ2n) is 1.07. The molecule has 1 amide bonds. The Kier molecular flexibility index (Phi) is 45.1. The van der Waals surface area contributed by atoms with E-state index in [2.05, 4.69) is 0 Å². The molecule has 57 valence electrons.